The van der Waals surface area contributed by atoms with E-state index in [2.05, 4.69) is 10.1 Å². The third kappa shape index (κ3) is 2.91. The van der Waals surface area contributed by atoms with Crippen LogP contribution < -0.4 is 0 Å². The first kappa shape index (κ1) is 13.3. The van der Waals surface area contributed by atoms with Gasteiger partial charge in [-0.2, -0.15) is 5.10 Å². The van der Waals surface area contributed by atoms with Crippen molar-refractivity contribution in [2.45, 2.75) is 18.9 Å². The number of hydrogen-bond donors (Lipinski definition) is 1. The molecule has 0 radical (unpaired) electrons. The van der Waals surface area contributed by atoms with E-state index in [-0.39, 0.29) is 18.5 Å². The number of nitrogens with zero attached hydrogens (tertiary/aromatic N) is 4. The molecule has 1 aromatic heterocycles. The highest BCUT2D eigenvalue weighted by atomic mass is 16.4. The molecule has 1 amide bonds. The molecule has 1 N–H and O–H groups in total. The molecule has 108 valence electrons. The van der Waals surface area contributed by atoms with E-state index in [0.29, 0.717) is 11.3 Å². The predicted molar refractivity (Wildman–Crippen MR) is 73.1 cm³/mol. The zero-order chi connectivity index (χ0) is 14.8. The molecule has 21 heavy (non-hydrogen) atoms. The number of carbonyl (C=O) groups is 2. The Morgan fingerprint density at radius 1 is 1.38 bits per heavy atom. The van der Waals surface area contributed by atoms with Crippen LogP contribution in [0, 0.1) is 0 Å². The Morgan fingerprint density at radius 2 is 2.19 bits per heavy atom. The van der Waals surface area contributed by atoms with Crippen molar-refractivity contribution < 1.29 is 14.7 Å². The van der Waals surface area contributed by atoms with Crippen LogP contribution in [-0.2, 0) is 4.79 Å². The third-order valence-electron chi connectivity index (χ3n) is 3.33. The summed E-state index contributed by atoms with van der Waals surface area (Å²) in [5.41, 5.74) is 1.17. The van der Waals surface area contributed by atoms with Gasteiger partial charge in [0.15, 0.2) is 0 Å². The number of benzene rings is 1. The molecule has 0 atom stereocenters. The standard InChI is InChI=1S/C14H14N4O3/c19-13(20)7-17(11-4-5-11)14(21)10-2-1-3-12(6-10)18-9-15-8-16-18/h1-3,6,8-9,11H,4-5,7H2,(H,19,20). The average Bonchev–Trinajstić information content (AvgIpc) is 3.17. The minimum Gasteiger partial charge on any atom is -0.480 e. The number of carboxylic acids is 1. The lowest BCUT2D eigenvalue weighted by molar-refractivity contribution is -0.137. The molecule has 3 rings (SSSR count). The monoisotopic (exact) mass is 286 g/mol. The SMILES string of the molecule is O=C(O)CN(C(=O)c1cccc(-n2cncn2)c1)C1CC1. The first-order chi connectivity index (χ1) is 10.1. The molecule has 0 spiro atoms. The van der Waals surface area contributed by atoms with Crippen LogP contribution in [0.4, 0.5) is 0 Å². The van der Waals surface area contributed by atoms with Crippen LogP contribution in [-0.4, -0.2) is 49.2 Å². The average molecular weight is 286 g/mol. The predicted octanol–water partition coefficient (Wildman–Crippen LogP) is 0.956. The maximum Gasteiger partial charge on any atom is 0.323 e. The van der Waals surface area contributed by atoms with E-state index in [1.807, 2.05) is 6.07 Å². The fourth-order valence-electron chi connectivity index (χ4n) is 2.19. The molecular formula is C14H14N4O3. The highest BCUT2D eigenvalue weighted by Gasteiger charge is 2.34. The summed E-state index contributed by atoms with van der Waals surface area (Å²) in [6, 6.07) is 6.97. The molecule has 7 nitrogen and oxygen atoms in total. The molecule has 0 bridgehead atoms. The van der Waals surface area contributed by atoms with Crippen molar-refractivity contribution in [3.05, 3.63) is 42.5 Å². The number of carboxylic acid groups (broad SMARTS) is 1. The molecule has 1 aliphatic carbocycles. The smallest absolute Gasteiger partial charge is 0.323 e. The van der Waals surface area contributed by atoms with Gasteiger partial charge in [-0.15, -0.1) is 0 Å². The summed E-state index contributed by atoms with van der Waals surface area (Å²) in [6.07, 6.45) is 4.68. The number of carbonyl (C=O) groups excluding carboxylic acids is 1. The van der Waals surface area contributed by atoms with Crippen molar-refractivity contribution in [3.63, 3.8) is 0 Å². The van der Waals surface area contributed by atoms with E-state index >= 15 is 0 Å². The van der Waals surface area contributed by atoms with Gasteiger partial charge in [0, 0.05) is 11.6 Å². The quantitative estimate of drug-likeness (QED) is 0.884. The number of amides is 1. The van der Waals surface area contributed by atoms with Crippen LogP contribution in [0.3, 0.4) is 0 Å². The second-order valence-corrected chi connectivity index (χ2v) is 4.95. The fraction of sp³-hybridized carbons (Fsp3) is 0.286. The third-order valence-corrected chi connectivity index (χ3v) is 3.33. The van der Waals surface area contributed by atoms with Gasteiger partial charge in [-0.25, -0.2) is 9.67 Å². The van der Waals surface area contributed by atoms with Gasteiger partial charge < -0.3 is 10.0 Å². The molecule has 0 aliphatic heterocycles. The van der Waals surface area contributed by atoms with Gasteiger partial charge >= 0.3 is 5.97 Å². The lowest BCUT2D eigenvalue weighted by Gasteiger charge is -2.20. The van der Waals surface area contributed by atoms with Crippen LogP contribution in [0.2, 0.25) is 0 Å². The molecule has 7 heteroatoms. The van der Waals surface area contributed by atoms with Crippen molar-refractivity contribution in [1.82, 2.24) is 19.7 Å². The second-order valence-electron chi connectivity index (χ2n) is 4.95. The summed E-state index contributed by atoms with van der Waals surface area (Å²) in [5.74, 6) is -1.26. The summed E-state index contributed by atoms with van der Waals surface area (Å²) < 4.78 is 1.55. The molecule has 0 unspecified atom stereocenters. The fourth-order valence-corrected chi connectivity index (χ4v) is 2.19. The van der Waals surface area contributed by atoms with E-state index in [4.69, 9.17) is 5.11 Å². The van der Waals surface area contributed by atoms with Gasteiger partial charge in [0.1, 0.15) is 19.2 Å². The Kier molecular flexibility index (Phi) is 3.39. The van der Waals surface area contributed by atoms with Crippen LogP contribution in [0.1, 0.15) is 23.2 Å². The largest absolute Gasteiger partial charge is 0.480 e. The normalized spacial score (nSPS) is 13.9. The summed E-state index contributed by atoms with van der Waals surface area (Å²) in [4.78, 5) is 28.7. The Balaban J connectivity index is 1.86. The lowest BCUT2D eigenvalue weighted by atomic mass is 10.1. The van der Waals surface area contributed by atoms with Crippen molar-refractivity contribution in [3.8, 4) is 5.69 Å². The van der Waals surface area contributed by atoms with Gasteiger partial charge in [0.25, 0.3) is 5.91 Å². The van der Waals surface area contributed by atoms with E-state index in [1.54, 1.807) is 29.2 Å². The van der Waals surface area contributed by atoms with Crippen molar-refractivity contribution >= 4 is 11.9 Å². The number of rotatable bonds is 5. The minimum atomic E-state index is -0.998. The van der Waals surface area contributed by atoms with Gasteiger partial charge in [-0.1, -0.05) is 6.07 Å². The number of aromatic nitrogens is 3. The summed E-state index contributed by atoms with van der Waals surface area (Å²) in [7, 11) is 0. The Bertz CT molecular complexity index is 665. The molecule has 1 saturated carbocycles. The highest BCUT2D eigenvalue weighted by Crippen LogP contribution is 2.28. The van der Waals surface area contributed by atoms with Crippen molar-refractivity contribution in [2.75, 3.05) is 6.54 Å². The Labute approximate surface area is 120 Å². The topological polar surface area (TPSA) is 88.3 Å². The van der Waals surface area contributed by atoms with Crippen molar-refractivity contribution in [1.29, 1.82) is 0 Å². The zero-order valence-electron chi connectivity index (χ0n) is 11.2. The van der Waals surface area contributed by atoms with Gasteiger partial charge in [0.05, 0.1) is 5.69 Å². The Hall–Kier alpha value is -2.70. The maximum absolute atomic E-state index is 12.5. The van der Waals surface area contributed by atoms with Crippen LogP contribution in [0.15, 0.2) is 36.9 Å². The van der Waals surface area contributed by atoms with Gasteiger partial charge in [0.2, 0.25) is 0 Å². The molecular weight excluding hydrogens is 272 g/mol. The molecule has 0 saturated heterocycles. The van der Waals surface area contributed by atoms with Crippen LogP contribution in [0.5, 0.6) is 0 Å². The number of aliphatic carboxylic acids is 1. The molecule has 1 aromatic carbocycles. The van der Waals surface area contributed by atoms with Gasteiger partial charge in [-0.05, 0) is 31.0 Å². The number of hydrogen-bond acceptors (Lipinski definition) is 4. The zero-order valence-corrected chi connectivity index (χ0v) is 11.2. The first-order valence-electron chi connectivity index (χ1n) is 6.63. The van der Waals surface area contributed by atoms with E-state index in [9.17, 15) is 9.59 Å². The first-order valence-corrected chi connectivity index (χ1v) is 6.63. The van der Waals surface area contributed by atoms with E-state index in [0.717, 1.165) is 12.8 Å². The van der Waals surface area contributed by atoms with Gasteiger partial charge in [-0.3, -0.25) is 9.59 Å². The van der Waals surface area contributed by atoms with E-state index < -0.39 is 5.97 Å². The lowest BCUT2D eigenvalue weighted by Crippen LogP contribution is -2.37. The molecule has 1 heterocycles. The molecule has 1 fully saturated rings. The molecule has 2 aromatic rings. The maximum atomic E-state index is 12.5. The van der Waals surface area contributed by atoms with E-state index in [1.165, 1.54) is 11.2 Å². The Morgan fingerprint density at radius 3 is 2.81 bits per heavy atom. The summed E-state index contributed by atoms with van der Waals surface area (Å²) in [6.45, 7) is -0.267. The summed E-state index contributed by atoms with van der Waals surface area (Å²) in [5, 5.41) is 13.0. The summed E-state index contributed by atoms with van der Waals surface area (Å²) >= 11 is 0. The van der Waals surface area contributed by atoms with Crippen LogP contribution in [0.25, 0.3) is 5.69 Å². The van der Waals surface area contributed by atoms with Crippen molar-refractivity contribution in [2.24, 2.45) is 0 Å². The molecule has 1 aliphatic rings. The van der Waals surface area contributed by atoms with Crippen LogP contribution >= 0.6 is 0 Å². The minimum absolute atomic E-state index is 0.0450. The highest BCUT2D eigenvalue weighted by molar-refractivity contribution is 5.96. The second kappa shape index (κ2) is 5.35.